The number of nitrogens with zero attached hydrogens (tertiary/aromatic N) is 9. The Morgan fingerprint density at radius 2 is 1.24 bits per heavy atom. The summed E-state index contributed by atoms with van der Waals surface area (Å²) in [6.07, 6.45) is -1.64. The number of carbonyl (C=O) groups excluding carboxylic acids is 1. The molecule has 0 unspecified atom stereocenters. The number of alkyl halides is 4. The van der Waals surface area contributed by atoms with Gasteiger partial charge in [0.2, 0.25) is 27.7 Å². The molecule has 0 bridgehead atoms. The van der Waals surface area contributed by atoms with Gasteiger partial charge in [-0.2, -0.15) is 17.6 Å². The number of nitrogens with two attached hydrogens (primary N) is 1. The molecule has 1 atom stereocenters. The molecule has 62 heavy (non-hydrogen) atoms. The van der Waals surface area contributed by atoms with Gasteiger partial charge in [0.15, 0.2) is 0 Å². The predicted octanol–water partition coefficient (Wildman–Crippen LogP) is 5.90. The smallest absolute Gasteiger partial charge is 0.314 e. The maximum absolute atomic E-state index is 13.4. The highest BCUT2D eigenvalue weighted by Gasteiger charge is 2.32. The van der Waals surface area contributed by atoms with Gasteiger partial charge in [-0.1, -0.05) is 43.0 Å². The van der Waals surface area contributed by atoms with Crippen LogP contribution in [0, 0.1) is 0 Å². The standard InChI is InChI=1S/C22H24F2N6O4S.C17H14F2N4O3S/c23-19(24)22-28-27-21(34-22)15-8-9-16(26-13-15)14-30(17-5-2-1-3-6-17)35(32,33)12-11-29-10-4-7-18(29)20(25)31;1-2-27(24,25)23(14-6-4-3-5-7-14)11-13-9-8-12(10-20-13)16-21-22-17(26-16)15(18)19/h1-3,5-6,8-9,13,18-19H,4,7,10-12,14H2,(H2,25,31);2-10,15H,1,11H2/t18-;/m0./s1. The monoisotopic (exact) mass is 898 g/mol. The number of hydrogen-bond donors (Lipinski definition) is 1. The summed E-state index contributed by atoms with van der Waals surface area (Å²) in [5.74, 6) is -2.43. The average molecular weight is 899 g/mol. The van der Waals surface area contributed by atoms with Crippen molar-refractivity contribution >= 4 is 37.3 Å². The Morgan fingerprint density at radius 3 is 1.66 bits per heavy atom. The number of carbonyl (C=O) groups is 1. The van der Waals surface area contributed by atoms with E-state index in [1.54, 1.807) is 83.8 Å². The Balaban J connectivity index is 0.000000214. The lowest BCUT2D eigenvalue weighted by atomic mass is 10.2. The molecule has 17 nitrogen and oxygen atoms in total. The van der Waals surface area contributed by atoms with E-state index >= 15 is 0 Å². The minimum Gasteiger partial charge on any atom is -0.415 e. The molecule has 6 aromatic rings. The van der Waals surface area contributed by atoms with Crippen LogP contribution in [-0.4, -0.2) is 82.9 Å². The van der Waals surface area contributed by atoms with E-state index in [1.165, 1.54) is 22.8 Å². The maximum atomic E-state index is 13.4. The first-order chi connectivity index (χ1) is 29.6. The number of amides is 1. The van der Waals surface area contributed by atoms with Crippen molar-refractivity contribution in [1.82, 2.24) is 35.3 Å². The summed E-state index contributed by atoms with van der Waals surface area (Å²) in [7, 11) is -7.55. The normalized spacial score (nSPS) is 14.4. The molecule has 0 aliphatic carbocycles. The van der Waals surface area contributed by atoms with E-state index in [-0.39, 0.29) is 37.2 Å². The molecular weight excluding hydrogens is 861 g/mol. The van der Waals surface area contributed by atoms with Crippen molar-refractivity contribution in [3.05, 3.63) is 132 Å². The molecule has 1 aliphatic rings. The van der Waals surface area contributed by atoms with Gasteiger partial charge < -0.3 is 14.6 Å². The molecule has 0 radical (unpaired) electrons. The molecule has 1 amide bonds. The van der Waals surface area contributed by atoms with Crippen molar-refractivity contribution in [2.45, 2.75) is 44.8 Å². The fraction of sp³-hybridized carbons (Fsp3) is 0.256. The third-order valence-electron chi connectivity index (χ3n) is 9.28. The van der Waals surface area contributed by atoms with Crippen LogP contribution < -0.4 is 14.3 Å². The van der Waals surface area contributed by atoms with Gasteiger partial charge in [0.05, 0.1) is 58.8 Å². The summed E-state index contributed by atoms with van der Waals surface area (Å²) in [5.41, 5.74) is 7.90. The number of primary amides is 1. The zero-order valence-corrected chi connectivity index (χ0v) is 34.1. The van der Waals surface area contributed by atoms with Crippen LogP contribution in [0.5, 0.6) is 0 Å². The second-order valence-electron chi connectivity index (χ2n) is 13.4. The minimum atomic E-state index is -3.80. The first kappa shape index (κ1) is 44.9. The third kappa shape index (κ3) is 11.2. The Kier molecular flexibility index (Phi) is 14.4. The van der Waals surface area contributed by atoms with E-state index in [4.69, 9.17) is 14.6 Å². The van der Waals surface area contributed by atoms with Crippen LogP contribution in [-0.2, 0) is 37.9 Å². The number of aromatic nitrogens is 6. The summed E-state index contributed by atoms with van der Waals surface area (Å²) < 4.78 is 114. The molecular formula is C39H38F4N10O7S2. The fourth-order valence-corrected chi connectivity index (χ4v) is 8.54. The van der Waals surface area contributed by atoms with Crippen LogP contribution in [0.3, 0.4) is 0 Å². The van der Waals surface area contributed by atoms with E-state index < -0.39 is 56.6 Å². The Bertz CT molecular complexity index is 2640. The van der Waals surface area contributed by atoms with Gasteiger partial charge in [0.1, 0.15) is 0 Å². The largest absolute Gasteiger partial charge is 0.415 e. The van der Waals surface area contributed by atoms with Crippen molar-refractivity contribution in [1.29, 1.82) is 0 Å². The third-order valence-corrected chi connectivity index (χ3v) is 12.4. The summed E-state index contributed by atoms with van der Waals surface area (Å²) in [4.78, 5) is 21.9. The predicted molar refractivity (Wildman–Crippen MR) is 217 cm³/mol. The number of halogens is 4. The fourth-order valence-electron chi connectivity index (χ4n) is 6.18. The zero-order valence-electron chi connectivity index (χ0n) is 32.5. The number of anilines is 2. The number of likely N-dealkylation sites (tertiary alicyclic amines) is 1. The number of rotatable bonds is 17. The molecule has 2 aromatic carbocycles. The molecule has 23 heteroatoms. The Hall–Kier alpha value is -6.59. The Morgan fingerprint density at radius 1 is 0.758 bits per heavy atom. The Labute approximate surface area is 353 Å². The van der Waals surface area contributed by atoms with Crippen LogP contribution in [0.4, 0.5) is 28.9 Å². The van der Waals surface area contributed by atoms with Crippen LogP contribution in [0.15, 0.2) is 118 Å². The number of benzene rings is 2. The lowest BCUT2D eigenvalue weighted by Gasteiger charge is -2.27. The van der Waals surface area contributed by atoms with Gasteiger partial charge in [0.25, 0.3) is 21.8 Å². The average Bonchev–Trinajstić information content (AvgIpc) is 4.08. The van der Waals surface area contributed by atoms with Crippen molar-refractivity contribution in [3.63, 3.8) is 0 Å². The highest BCUT2D eigenvalue weighted by molar-refractivity contribution is 7.95. The number of para-hydroxylation sites is 2. The molecule has 0 saturated carbocycles. The van der Waals surface area contributed by atoms with Crippen molar-refractivity contribution in [2.75, 3.05) is 27.5 Å². The van der Waals surface area contributed by atoms with Crippen LogP contribution in [0.1, 0.15) is 48.9 Å². The number of pyridine rings is 2. The molecule has 326 valence electrons. The molecule has 1 saturated heterocycles. The molecule has 4 aromatic heterocycles. The van der Waals surface area contributed by atoms with E-state index in [1.807, 2.05) is 0 Å². The SMILES string of the molecule is C=CS(=O)(=O)N(Cc1ccc(-c2nnc(C(F)F)o2)cn1)c1ccccc1.NC(=O)[C@@H]1CCCN1CCS(=O)(=O)N(Cc1ccc(-c2nnc(C(F)F)o2)cn1)c1ccccc1. The van der Waals surface area contributed by atoms with E-state index in [2.05, 4.69) is 36.9 Å². The van der Waals surface area contributed by atoms with Gasteiger partial charge in [0, 0.05) is 24.3 Å². The lowest BCUT2D eigenvalue weighted by Crippen LogP contribution is -2.44. The molecule has 2 N–H and O–H groups in total. The molecule has 1 aliphatic heterocycles. The summed E-state index contributed by atoms with van der Waals surface area (Å²) in [6, 6.07) is 22.8. The van der Waals surface area contributed by atoms with Gasteiger partial charge in [-0.05, 0) is 67.9 Å². The van der Waals surface area contributed by atoms with E-state index in [0.717, 1.165) is 16.1 Å². The summed E-state index contributed by atoms with van der Waals surface area (Å²) >= 11 is 0. The minimum absolute atomic E-state index is 0.0369. The van der Waals surface area contributed by atoms with Gasteiger partial charge >= 0.3 is 12.9 Å². The highest BCUT2D eigenvalue weighted by atomic mass is 32.2. The van der Waals surface area contributed by atoms with Crippen molar-refractivity contribution in [3.8, 4) is 22.9 Å². The summed E-state index contributed by atoms with van der Waals surface area (Å²) in [6.45, 7) is 4.04. The molecule has 1 fully saturated rings. The van der Waals surface area contributed by atoms with Crippen LogP contribution >= 0.6 is 0 Å². The van der Waals surface area contributed by atoms with Crippen molar-refractivity contribution in [2.24, 2.45) is 5.73 Å². The molecule has 7 rings (SSSR count). The first-order valence-corrected chi connectivity index (χ1v) is 21.7. The van der Waals surface area contributed by atoms with Gasteiger partial charge in [-0.15, -0.1) is 20.4 Å². The van der Waals surface area contributed by atoms with E-state index in [9.17, 15) is 39.2 Å². The van der Waals surface area contributed by atoms with Gasteiger partial charge in [-0.3, -0.25) is 28.3 Å². The second kappa shape index (κ2) is 19.9. The topological polar surface area (TPSA) is 225 Å². The van der Waals surface area contributed by atoms with Crippen LogP contribution in [0.25, 0.3) is 22.9 Å². The van der Waals surface area contributed by atoms with Gasteiger partial charge in [-0.25, -0.2) is 16.8 Å². The van der Waals surface area contributed by atoms with Crippen molar-refractivity contribution < 1.29 is 48.0 Å². The highest BCUT2D eigenvalue weighted by Crippen LogP contribution is 2.27. The first-order valence-electron chi connectivity index (χ1n) is 18.6. The number of sulfonamides is 2. The molecule has 5 heterocycles. The molecule has 0 spiro atoms. The maximum Gasteiger partial charge on any atom is 0.314 e. The quantitative estimate of drug-likeness (QED) is 0.105. The summed E-state index contributed by atoms with van der Waals surface area (Å²) in [5, 5.41) is 14.5. The van der Waals surface area contributed by atoms with Crippen LogP contribution in [0.2, 0.25) is 0 Å². The van der Waals surface area contributed by atoms with E-state index in [0.29, 0.717) is 46.9 Å². The number of hydrogen-bond acceptors (Lipinski definition) is 14. The zero-order chi connectivity index (χ0) is 44.4. The second-order valence-corrected chi connectivity index (χ2v) is 17.2. The lowest BCUT2D eigenvalue weighted by molar-refractivity contribution is -0.122.